The molecule has 7 nitrogen and oxygen atoms in total. The molecule has 0 aliphatic heterocycles. The first-order valence-corrected chi connectivity index (χ1v) is 21.3. The highest BCUT2D eigenvalue weighted by Gasteiger charge is 2.43. The first-order valence-electron chi connectivity index (χ1n) is 21.3. The highest BCUT2D eigenvalue weighted by molar-refractivity contribution is 5.69. The summed E-state index contributed by atoms with van der Waals surface area (Å²) >= 11 is 0. The Bertz CT molecular complexity index is 1250. The smallest absolute Gasteiger partial charge is 0.416 e. The Morgan fingerprint density at radius 2 is 1.62 bits per heavy atom. The first kappa shape index (κ1) is 48.6. The molecule has 1 saturated carbocycles. The summed E-state index contributed by atoms with van der Waals surface area (Å²) in [5.41, 5.74) is -0.828. The molecule has 2 rings (SSSR count). The molecular weight excluding hydrogens is 709 g/mol. The minimum atomic E-state index is -4.49. The van der Waals surface area contributed by atoms with Gasteiger partial charge in [-0.1, -0.05) is 98.3 Å². The van der Waals surface area contributed by atoms with Crippen LogP contribution in [0.3, 0.4) is 0 Å². The van der Waals surface area contributed by atoms with Gasteiger partial charge in [0.15, 0.2) is 0 Å². The molecule has 2 N–H and O–H groups in total. The number of esters is 2. The van der Waals surface area contributed by atoms with Gasteiger partial charge in [-0.3, -0.25) is 9.59 Å². The van der Waals surface area contributed by atoms with Crippen molar-refractivity contribution in [1.29, 1.82) is 0 Å². The number of carbonyl (C=O) groups excluding carboxylic acids is 2. The number of allylic oxidation sites excluding steroid dienone is 2. The number of aliphatic hydroxyl groups excluding tert-OH is 2. The molecule has 1 fully saturated rings. The number of alkyl halides is 3. The lowest BCUT2D eigenvalue weighted by Gasteiger charge is -2.39. The Labute approximate surface area is 330 Å². The highest BCUT2D eigenvalue weighted by Crippen LogP contribution is 2.42. The van der Waals surface area contributed by atoms with Crippen LogP contribution in [0.2, 0.25) is 0 Å². The van der Waals surface area contributed by atoms with Gasteiger partial charge in [-0.25, -0.2) is 0 Å². The molecule has 55 heavy (non-hydrogen) atoms. The van der Waals surface area contributed by atoms with Gasteiger partial charge >= 0.3 is 18.1 Å². The largest absolute Gasteiger partial charge is 0.491 e. The predicted octanol–water partition coefficient (Wildman–Crippen LogP) is 11.1. The molecular formula is C45H73F3O7. The minimum Gasteiger partial charge on any atom is -0.491 e. The lowest BCUT2D eigenvalue weighted by atomic mass is 9.66. The van der Waals surface area contributed by atoms with E-state index in [9.17, 15) is 33.0 Å². The number of hydrogen-bond acceptors (Lipinski definition) is 7. The van der Waals surface area contributed by atoms with Gasteiger partial charge in [0.1, 0.15) is 18.5 Å². The number of aliphatic hydroxyl groups is 2. The third-order valence-corrected chi connectivity index (χ3v) is 12.3. The Hall–Kier alpha value is -2.59. The number of benzene rings is 1. The fraction of sp³-hybridized carbons (Fsp3) is 0.778. The second kappa shape index (κ2) is 25.6. The maximum Gasteiger partial charge on any atom is 0.416 e. The van der Waals surface area contributed by atoms with E-state index in [1.807, 2.05) is 12.2 Å². The summed E-state index contributed by atoms with van der Waals surface area (Å²) in [6, 6.07) is 4.51. The average Bonchev–Trinajstić information content (AvgIpc) is 3.44. The molecule has 10 atom stereocenters. The zero-order chi connectivity index (χ0) is 41.0. The number of ether oxygens (including phenoxy) is 3. The van der Waals surface area contributed by atoms with Crippen LogP contribution in [0.15, 0.2) is 36.4 Å². The third-order valence-electron chi connectivity index (χ3n) is 12.3. The van der Waals surface area contributed by atoms with Gasteiger partial charge in [0.05, 0.1) is 24.4 Å². The van der Waals surface area contributed by atoms with Gasteiger partial charge in [-0.05, 0) is 98.7 Å². The van der Waals surface area contributed by atoms with E-state index < -0.39 is 36.0 Å². The summed E-state index contributed by atoms with van der Waals surface area (Å²) in [7, 11) is 0. The van der Waals surface area contributed by atoms with E-state index in [0.29, 0.717) is 51.0 Å². The average molecular weight is 783 g/mol. The lowest BCUT2D eigenvalue weighted by Crippen LogP contribution is -2.31. The zero-order valence-corrected chi connectivity index (χ0v) is 34.8. The quantitative estimate of drug-likeness (QED) is 0.0520. The van der Waals surface area contributed by atoms with Crippen molar-refractivity contribution in [1.82, 2.24) is 0 Å². The van der Waals surface area contributed by atoms with Crippen molar-refractivity contribution < 1.29 is 47.2 Å². The van der Waals surface area contributed by atoms with E-state index in [2.05, 4.69) is 41.5 Å². The summed E-state index contributed by atoms with van der Waals surface area (Å²) in [5, 5.41) is 21.4. The standard InChI is InChI=1S/C45H73F3O7/c1-8-31(6)37(10-3)39(12-5)38(11-4)33(9-2)20-17-18-27-53-44(52)24-16-14-13-15-23-41-40(42(51)29-43(41)55-32(7)49)26-25-35(50)30-54-36-22-19-21-34(28-36)45(46,47)48/h13,15,19,21-22,28,31,33,35,37-43,50-51H,8-12,14,16-18,20,23-27,29-30H2,1-7H3/b15-13-/t31?,33?,35-,37?,38?,39?,40-,41-,42-,43+/m1/s1. The van der Waals surface area contributed by atoms with E-state index >= 15 is 0 Å². The molecule has 0 spiro atoms. The van der Waals surface area contributed by atoms with Crippen molar-refractivity contribution >= 4 is 11.9 Å². The monoisotopic (exact) mass is 783 g/mol. The van der Waals surface area contributed by atoms with Crippen LogP contribution in [0.1, 0.15) is 150 Å². The van der Waals surface area contributed by atoms with Crippen LogP contribution in [0, 0.1) is 41.4 Å². The van der Waals surface area contributed by atoms with Gasteiger partial charge in [0.2, 0.25) is 0 Å². The van der Waals surface area contributed by atoms with Crippen molar-refractivity contribution in [3.05, 3.63) is 42.0 Å². The molecule has 0 aromatic heterocycles. The van der Waals surface area contributed by atoms with Crippen LogP contribution >= 0.6 is 0 Å². The van der Waals surface area contributed by atoms with Crippen LogP contribution in [0.25, 0.3) is 0 Å². The lowest BCUT2D eigenvalue weighted by molar-refractivity contribution is -0.148. The summed E-state index contributed by atoms with van der Waals surface area (Å²) in [6.07, 6.45) is 9.81. The number of rotatable bonds is 27. The molecule has 1 aromatic carbocycles. The minimum absolute atomic E-state index is 0.0138. The maximum absolute atomic E-state index is 13.0. The van der Waals surface area contributed by atoms with E-state index in [1.165, 1.54) is 57.6 Å². The van der Waals surface area contributed by atoms with E-state index in [1.54, 1.807) is 0 Å². The molecule has 0 radical (unpaired) electrons. The third kappa shape index (κ3) is 16.8. The van der Waals surface area contributed by atoms with Crippen molar-refractivity contribution in [3.8, 4) is 5.75 Å². The second-order valence-corrected chi connectivity index (χ2v) is 15.9. The second-order valence-electron chi connectivity index (χ2n) is 15.9. The van der Waals surface area contributed by atoms with E-state index in [4.69, 9.17) is 14.2 Å². The normalized spacial score (nSPS) is 22.2. The summed E-state index contributed by atoms with van der Waals surface area (Å²) < 4.78 is 55.6. The fourth-order valence-electron chi connectivity index (χ4n) is 9.21. The summed E-state index contributed by atoms with van der Waals surface area (Å²) in [6.45, 7) is 15.7. The van der Waals surface area contributed by atoms with Crippen LogP contribution < -0.4 is 4.74 Å². The SMILES string of the molecule is CCC(C)C(CC)C(CC)C(CC)C(CC)CCCCOC(=O)CCC/C=C\C[C@@H]1[C@@H](CC[C@@H](O)COc2cccc(C(F)(F)F)c2)[C@H](O)C[C@@H]1OC(C)=O. The number of hydrogen-bond donors (Lipinski definition) is 2. The topological polar surface area (TPSA) is 102 Å². The molecule has 1 aliphatic carbocycles. The molecule has 0 saturated heterocycles. The molecule has 1 aliphatic rings. The number of halogens is 3. The van der Waals surface area contributed by atoms with Crippen LogP contribution in [-0.2, 0) is 25.2 Å². The van der Waals surface area contributed by atoms with Crippen LogP contribution in [-0.4, -0.2) is 53.7 Å². The molecule has 0 heterocycles. The van der Waals surface area contributed by atoms with Gasteiger partial charge in [-0.15, -0.1) is 0 Å². The van der Waals surface area contributed by atoms with Gasteiger partial charge in [-0.2, -0.15) is 13.2 Å². The van der Waals surface area contributed by atoms with Crippen molar-refractivity contribution in [2.24, 2.45) is 41.4 Å². The van der Waals surface area contributed by atoms with Crippen molar-refractivity contribution in [3.63, 3.8) is 0 Å². The zero-order valence-electron chi connectivity index (χ0n) is 34.8. The Balaban J connectivity index is 1.77. The number of unbranched alkanes of at least 4 members (excludes halogenated alkanes) is 2. The molecule has 0 amide bonds. The molecule has 0 bridgehead atoms. The first-order chi connectivity index (χ1) is 26.2. The molecule has 316 valence electrons. The predicted molar refractivity (Wildman–Crippen MR) is 212 cm³/mol. The Morgan fingerprint density at radius 1 is 0.909 bits per heavy atom. The highest BCUT2D eigenvalue weighted by atomic mass is 19.4. The molecule has 5 unspecified atom stereocenters. The summed E-state index contributed by atoms with van der Waals surface area (Å²) in [4.78, 5) is 24.3. The Morgan fingerprint density at radius 3 is 2.24 bits per heavy atom. The van der Waals surface area contributed by atoms with Gasteiger partial charge in [0, 0.05) is 25.7 Å². The maximum atomic E-state index is 13.0. The molecule has 1 aromatic rings. The Kier molecular flexibility index (Phi) is 22.6. The number of carbonyl (C=O) groups is 2. The van der Waals surface area contributed by atoms with E-state index in [0.717, 1.165) is 48.6 Å². The van der Waals surface area contributed by atoms with Crippen molar-refractivity contribution in [2.45, 2.75) is 169 Å². The summed E-state index contributed by atoms with van der Waals surface area (Å²) in [5.74, 6) is 2.72. The van der Waals surface area contributed by atoms with Crippen LogP contribution in [0.5, 0.6) is 5.75 Å². The van der Waals surface area contributed by atoms with Gasteiger partial charge in [0.25, 0.3) is 0 Å². The fourth-order valence-corrected chi connectivity index (χ4v) is 9.21. The van der Waals surface area contributed by atoms with Crippen molar-refractivity contribution in [2.75, 3.05) is 13.2 Å². The van der Waals surface area contributed by atoms with Gasteiger partial charge < -0.3 is 24.4 Å². The van der Waals surface area contributed by atoms with E-state index in [-0.39, 0.29) is 36.6 Å². The molecule has 10 heteroatoms. The van der Waals surface area contributed by atoms with Crippen LogP contribution in [0.4, 0.5) is 13.2 Å².